The quantitative estimate of drug-likeness (QED) is 0.812. The minimum absolute atomic E-state index is 0.0352. The standard InChI is InChI=1S/C10H15ClN2OS/c1-10(2,3-4-11)6-12-9(14)8-5-15-7-13-8/h5,7H,3-4,6H2,1-2H3,(H,12,14). The Bertz CT molecular complexity index is 311. The average molecular weight is 247 g/mol. The second-order valence-corrected chi connectivity index (χ2v) is 5.26. The molecule has 3 nitrogen and oxygen atoms in total. The van der Waals surface area contributed by atoms with Gasteiger partial charge >= 0.3 is 0 Å². The van der Waals surface area contributed by atoms with Crippen molar-refractivity contribution in [2.45, 2.75) is 20.3 Å². The number of aromatic nitrogens is 1. The first-order chi connectivity index (χ1) is 7.05. The van der Waals surface area contributed by atoms with Gasteiger partial charge in [-0.15, -0.1) is 22.9 Å². The van der Waals surface area contributed by atoms with Gasteiger partial charge in [0.25, 0.3) is 5.91 Å². The molecule has 0 aromatic carbocycles. The van der Waals surface area contributed by atoms with Gasteiger partial charge in [-0.2, -0.15) is 0 Å². The number of nitrogens with one attached hydrogen (secondary N) is 1. The van der Waals surface area contributed by atoms with Crippen molar-refractivity contribution >= 4 is 28.8 Å². The van der Waals surface area contributed by atoms with Crippen molar-refractivity contribution in [1.29, 1.82) is 0 Å². The first-order valence-electron chi connectivity index (χ1n) is 4.77. The summed E-state index contributed by atoms with van der Waals surface area (Å²) < 4.78 is 0. The van der Waals surface area contributed by atoms with E-state index in [9.17, 15) is 4.79 Å². The summed E-state index contributed by atoms with van der Waals surface area (Å²) in [5.41, 5.74) is 2.17. The SMILES string of the molecule is CC(C)(CCCl)CNC(=O)c1cscn1. The zero-order chi connectivity index (χ0) is 11.3. The Hall–Kier alpha value is -0.610. The lowest BCUT2D eigenvalue weighted by Crippen LogP contribution is -2.34. The maximum atomic E-state index is 11.6. The van der Waals surface area contributed by atoms with Crippen molar-refractivity contribution in [3.05, 3.63) is 16.6 Å². The molecule has 1 amide bonds. The number of amides is 1. The van der Waals surface area contributed by atoms with Crippen LogP contribution in [0.1, 0.15) is 30.8 Å². The highest BCUT2D eigenvalue weighted by molar-refractivity contribution is 7.07. The third-order valence-corrected chi connectivity index (χ3v) is 2.94. The van der Waals surface area contributed by atoms with Crippen molar-refractivity contribution in [1.82, 2.24) is 10.3 Å². The molecule has 0 bridgehead atoms. The van der Waals surface area contributed by atoms with E-state index in [4.69, 9.17) is 11.6 Å². The van der Waals surface area contributed by atoms with Crippen LogP contribution in [0.2, 0.25) is 0 Å². The highest BCUT2D eigenvalue weighted by Gasteiger charge is 2.18. The van der Waals surface area contributed by atoms with E-state index in [1.807, 2.05) is 0 Å². The lowest BCUT2D eigenvalue weighted by molar-refractivity contribution is 0.0931. The molecule has 0 saturated carbocycles. The monoisotopic (exact) mass is 246 g/mol. The summed E-state index contributed by atoms with van der Waals surface area (Å²) in [5, 5.41) is 4.60. The number of carbonyl (C=O) groups excluding carboxylic acids is 1. The van der Waals surface area contributed by atoms with Gasteiger partial charge in [0.2, 0.25) is 0 Å². The summed E-state index contributed by atoms with van der Waals surface area (Å²) in [7, 11) is 0. The molecule has 1 aromatic heterocycles. The fourth-order valence-electron chi connectivity index (χ4n) is 1.08. The molecule has 84 valence electrons. The Labute approximate surface area is 98.9 Å². The smallest absolute Gasteiger partial charge is 0.270 e. The van der Waals surface area contributed by atoms with Gasteiger partial charge in [0.1, 0.15) is 5.69 Å². The number of nitrogens with zero attached hydrogens (tertiary/aromatic N) is 1. The molecular weight excluding hydrogens is 232 g/mol. The zero-order valence-electron chi connectivity index (χ0n) is 8.92. The lowest BCUT2D eigenvalue weighted by Gasteiger charge is -2.23. The van der Waals surface area contributed by atoms with Crippen LogP contribution in [-0.4, -0.2) is 23.3 Å². The molecule has 0 fully saturated rings. The number of hydrogen-bond acceptors (Lipinski definition) is 3. The van der Waals surface area contributed by atoms with Gasteiger partial charge in [0.05, 0.1) is 5.51 Å². The Morgan fingerprint density at radius 3 is 2.93 bits per heavy atom. The van der Waals surface area contributed by atoms with Crippen LogP contribution in [0.3, 0.4) is 0 Å². The first kappa shape index (κ1) is 12.5. The van der Waals surface area contributed by atoms with Crippen LogP contribution in [0.15, 0.2) is 10.9 Å². The summed E-state index contributed by atoms with van der Waals surface area (Å²) >= 11 is 7.10. The summed E-state index contributed by atoms with van der Waals surface area (Å²) in [6, 6.07) is 0. The highest BCUT2D eigenvalue weighted by Crippen LogP contribution is 2.19. The van der Waals surface area contributed by atoms with Gasteiger partial charge in [0, 0.05) is 17.8 Å². The normalized spacial score (nSPS) is 11.4. The highest BCUT2D eigenvalue weighted by atomic mass is 35.5. The number of rotatable bonds is 5. The average Bonchev–Trinajstić information content (AvgIpc) is 2.67. The van der Waals surface area contributed by atoms with E-state index in [2.05, 4.69) is 24.1 Å². The predicted molar refractivity (Wildman–Crippen MR) is 63.6 cm³/mol. The second-order valence-electron chi connectivity index (χ2n) is 4.16. The third kappa shape index (κ3) is 4.18. The van der Waals surface area contributed by atoms with Gasteiger partial charge in [0.15, 0.2) is 0 Å². The van der Waals surface area contributed by atoms with E-state index in [1.165, 1.54) is 11.3 Å². The van der Waals surface area contributed by atoms with Crippen molar-refractivity contribution in [2.75, 3.05) is 12.4 Å². The lowest BCUT2D eigenvalue weighted by atomic mass is 9.90. The van der Waals surface area contributed by atoms with Gasteiger partial charge in [-0.1, -0.05) is 13.8 Å². The van der Waals surface area contributed by atoms with E-state index in [0.29, 0.717) is 18.1 Å². The number of alkyl halides is 1. The minimum atomic E-state index is -0.112. The molecule has 1 N–H and O–H groups in total. The van der Waals surface area contributed by atoms with Crippen molar-refractivity contribution < 1.29 is 4.79 Å². The molecule has 0 unspecified atom stereocenters. The Kier molecular flexibility index (Phi) is 4.54. The van der Waals surface area contributed by atoms with E-state index in [0.717, 1.165) is 6.42 Å². The van der Waals surface area contributed by atoms with Crippen molar-refractivity contribution in [3.63, 3.8) is 0 Å². The van der Waals surface area contributed by atoms with E-state index in [-0.39, 0.29) is 11.3 Å². The number of halogens is 1. The Balaban J connectivity index is 2.40. The molecule has 0 aliphatic carbocycles. The number of thiazole rings is 1. The molecule has 15 heavy (non-hydrogen) atoms. The van der Waals surface area contributed by atoms with Crippen LogP contribution in [0.4, 0.5) is 0 Å². The number of carbonyl (C=O) groups is 1. The zero-order valence-corrected chi connectivity index (χ0v) is 10.5. The van der Waals surface area contributed by atoms with E-state index >= 15 is 0 Å². The maximum absolute atomic E-state index is 11.6. The van der Waals surface area contributed by atoms with Crippen LogP contribution in [0.25, 0.3) is 0 Å². The third-order valence-electron chi connectivity index (χ3n) is 2.16. The molecule has 0 aliphatic rings. The fourth-order valence-corrected chi connectivity index (χ4v) is 2.12. The molecule has 0 saturated heterocycles. The molecule has 1 rings (SSSR count). The predicted octanol–water partition coefficient (Wildman–Crippen LogP) is 2.53. The largest absolute Gasteiger partial charge is 0.350 e. The molecule has 1 heterocycles. The van der Waals surface area contributed by atoms with Gasteiger partial charge in [-0.05, 0) is 11.8 Å². The summed E-state index contributed by atoms with van der Waals surface area (Å²) in [6.07, 6.45) is 0.881. The topological polar surface area (TPSA) is 42.0 Å². The summed E-state index contributed by atoms with van der Waals surface area (Å²) in [6.45, 7) is 4.78. The minimum Gasteiger partial charge on any atom is -0.350 e. The van der Waals surface area contributed by atoms with Crippen LogP contribution in [0, 0.1) is 5.41 Å². The Morgan fingerprint density at radius 2 is 2.40 bits per heavy atom. The van der Waals surface area contributed by atoms with Crippen molar-refractivity contribution in [2.24, 2.45) is 5.41 Å². The fraction of sp³-hybridized carbons (Fsp3) is 0.600. The molecule has 5 heteroatoms. The van der Waals surface area contributed by atoms with Crippen LogP contribution in [-0.2, 0) is 0 Å². The molecule has 0 atom stereocenters. The van der Waals surface area contributed by atoms with Crippen LogP contribution < -0.4 is 5.32 Å². The van der Waals surface area contributed by atoms with E-state index in [1.54, 1.807) is 10.9 Å². The maximum Gasteiger partial charge on any atom is 0.270 e. The molecular formula is C10H15ClN2OS. The van der Waals surface area contributed by atoms with E-state index < -0.39 is 0 Å². The molecule has 0 spiro atoms. The van der Waals surface area contributed by atoms with Gasteiger partial charge < -0.3 is 5.32 Å². The molecule has 1 aromatic rings. The van der Waals surface area contributed by atoms with Crippen molar-refractivity contribution in [3.8, 4) is 0 Å². The van der Waals surface area contributed by atoms with Crippen LogP contribution >= 0.6 is 22.9 Å². The number of hydrogen-bond donors (Lipinski definition) is 1. The summed E-state index contributed by atoms with van der Waals surface area (Å²) in [4.78, 5) is 15.5. The first-order valence-corrected chi connectivity index (χ1v) is 6.25. The van der Waals surface area contributed by atoms with Crippen LogP contribution in [0.5, 0.6) is 0 Å². The second kappa shape index (κ2) is 5.47. The molecule has 0 aliphatic heterocycles. The Morgan fingerprint density at radius 1 is 1.67 bits per heavy atom. The molecule has 0 radical (unpaired) electrons. The van der Waals surface area contributed by atoms with Gasteiger partial charge in [-0.25, -0.2) is 4.98 Å². The summed E-state index contributed by atoms with van der Waals surface area (Å²) in [5.74, 6) is 0.499. The van der Waals surface area contributed by atoms with Gasteiger partial charge in [-0.3, -0.25) is 4.79 Å².